The Morgan fingerprint density at radius 2 is 0.647 bits per heavy atom. The van der Waals surface area contributed by atoms with Crippen molar-refractivity contribution in [3.05, 3.63) is 122 Å². The van der Waals surface area contributed by atoms with E-state index in [0.29, 0.717) is 19.3 Å². The molecule has 0 rings (SSSR count). The van der Waals surface area contributed by atoms with Gasteiger partial charge in [0.05, 0.1) is 0 Å². The van der Waals surface area contributed by atoms with E-state index in [0.717, 1.165) is 141 Å². The van der Waals surface area contributed by atoms with Gasteiger partial charge in [-0.1, -0.05) is 226 Å². The Labute approximate surface area is 418 Å². The molecule has 0 aliphatic rings. The van der Waals surface area contributed by atoms with Crippen molar-refractivity contribution in [2.45, 2.75) is 239 Å². The molecule has 384 valence electrons. The quantitative estimate of drug-likeness (QED) is 0.0199. The summed E-state index contributed by atoms with van der Waals surface area (Å²) in [5.41, 5.74) is 0. The topological polar surface area (TPSA) is 78.9 Å². The SMILES string of the molecule is CC/C=C/C=C/C=C/CCCCCCCC(=O)OCC(COC(=O)CCCCC/C=C/C/C=C/C/C=C/C/C=C/C/C=C/CC)OC(=O)CCCCCCC/C=C/C=C/CCCCCCCCC. The van der Waals surface area contributed by atoms with Crippen LogP contribution in [0.25, 0.3) is 0 Å². The minimum Gasteiger partial charge on any atom is -0.462 e. The van der Waals surface area contributed by atoms with Crippen molar-refractivity contribution >= 4 is 17.9 Å². The fraction of sp³-hybridized carbons (Fsp3) is 0.629. The molecule has 1 atom stereocenters. The predicted octanol–water partition coefficient (Wildman–Crippen LogP) is 18.5. The highest BCUT2D eigenvalue weighted by Gasteiger charge is 2.19. The van der Waals surface area contributed by atoms with Gasteiger partial charge in [0.2, 0.25) is 0 Å². The highest BCUT2D eigenvalue weighted by atomic mass is 16.6. The molecule has 0 saturated heterocycles. The second kappa shape index (κ2) is 55.4. The number of hydrogen-bond donors (Lipinski definition) is 0. The van der Waals surface area contributed by atoms with Crippen LogP contribution in [0.15, 0.2) is 122 Å². The Bertz CT molecular complexity index is 1450. The van der Waals surface area contributed by atoms with Gasteiger partial charge in [0, 0.05) is 19.3 Å². The first-order valence-electron chi connectivity index (χ1n) is 27.6. The minimum absolute atomic E-state index is 0.109. The highest BCUT2D eigenvalue weighted by Crippen LogP contribution is 2.13. The van der Waals surface area contributed by atoms with Crippen LogP contribution in [-0.4, -0.2) is 37.2 Å². The first-order chi connectivity index (χ1) is 33.5. The summed E-state index contributed by atoms with van der Waals surface area (Å²) in [6, 6.07) is 0. The number of allylic oxidation sites excluding steroid dienone is 20. The van der Waals surface area contributed by atoms with Gasteiger partial charge < -0.3 is 14.2 Å². The largest absolute Gasteiger partial charge is 0.462 e. The number of carbonyl (C=O) groups excluding carboxylic acids is 3. The molecule has 0 aromatic carbocycles. The van der Waals surface area contributed by atoms with Crippen LogP contribution in [0.3, 0.4) is 0 Å². The zero-order valence-corrected chi connectivity index (χ0v) is 43.8. The Balaban J connectivity index is 4.51. The molecule has 0 heterocycles. The lowest BCUT2D eigenvalue weighted by molar-refractivity contribution is -0.167. The fourth-order valence-corrected chi connectivity index (χ4v) is 7.16. The van der Waals surface area contributed by atoms with Gasteiger partial charge in [0.1, 0.15) is 13.2 Å². The summed E-state index contributed by atoms with van der Waals surface area (Å²) in [6.07, 6.45) is 76.1. The average Bonchev–Trinajstić information content (AvgIpc) is 3.34. The summed E-state index contributed by atoms with van der Waals surface area (Å²) in [7, 11) is 0. The Morgan fingerprint density at radius 3 is 1.09 bits per heavy atom. The molecule has 6 nitrogen and oxygen atoms in total. The normalized spacial score (nSPS) is 13.0. The zero-order valence-electron chi connectivity index (χ0n) is 43.8. The Kier molecular flexibility index (Phi) is 52.0. The molecule has 0 aliphatic carbocycles. The summed E-state index contributed by atoms with van der Waals surface area (Å²) < 4.78 is 16.8. The van der Waals surface area contributed by atoms with Gasteiger partial charge in [-0.25, -0.2) is 0 Å². The Morgan fingerprint density at radius 1 is 0.324 bits per heavy atom. The van der Waals surface area contributed by atoms with Crippen molar-refractivity contribution in [2.24, 2.45) is 0 Å². The molecule has 0 aliphatic heterocycles. The van der Waals surface area contributed by atoms with Gasteiger partial charge in [0.25, 0.3) is 0 Å². The third-order valence-corrected chi connectivity index (χ3v) is 11.3. The summed E-state index contributed by atoms with van der Waals surface area (Å²) in [5.74, 6) is -0.980. The molecular formula is C62H100O6. The van der Waals surface area contributed by atoms with E-state index in [9.17, 15) is 14.4 Å². The molecular weight excluding hydrogens is 841 g/mol. The van der Waals surface area contributed by atoms with Crippen LogP contribution in [0, 0.1) is 0 Å². The van der Waals surface area contributed by atoms with Crippen LogP contribution in [0.2, 0.25) is 0 Å². The van der Waals surface area contributed by atoms with Crippen LogP contribution >= 0.6 is 0 Å². The maximum Gasteiger partial charge on any atom is 0.306 e. The van der Waals surface area contributed by atoms with Gasteiger partial charge in [-0.3, -0.25) is 14.4 Å². The van der Waals surface area contributed by atoms with Crippen molar-refractivity contribution in [1.29, 1.82) is 0 Å². The van der Waals surface area contributed by atoms with Crippen LogP contribution in [0.1, 0.15) is 233 Å². The molecule has 0 spiro atoms. The van der Waals surface area contributed by atoms with Gasteiger partial charge in [-0.2, -0.15) is 0 Å². The third-order valence-electron chi connectivity index (χ3n) is 11.3. The lowest BCUT2D eigenvalue weighted by Crippen LogP contribution is -2.30. The zero-order chi connectivity index (χ0) is 49.3. The molecule has 68 heavy (non-hydrogen) atoms. The van der Waals surface area contributed by atoms with E-state index >= 15 is 0 Å². The first-order valence-corrected chi connectivity index (χ1v) is 27.6. The molecule has 0 N–H and O–H groups in total. The van der Waals surface area contributed by atoms with Gasteiger partial charge in [-0.05, 0) is 109 Å². The number of unbranched alkanes of at least 4 members (excludes halogenated alkanes) is 20. The van der Waals surface area contributed by atoms with Crippen molar-refractivity contribution in [2.75, 3.05) is 13.2 Å². The molecule has 6 heteroatoms. The van der Waals surface area contributed by atoms with Crippen LogP contribution in [0.5, 0.6) is 0 Å². The second-order valence-corrected chi connectivity index (χ2v) is 17.8. The predicted molar refractivity (Wildman–Crippen MR) is 293 cm³/mol. The van der Waals surface area contributed by atoms with Crippen molar-refractivity contribution < 1.29 is 28.6 Å². The van der Waals surface area contributed by atoms with Crippen LogP contribution < -0.4 is 0 Å². The summed E-state index contributed by atoms with van der Waals surface area (Å²) in [6.45, 7) is 6.32. The molecule has 0 amide bonds. The second-order valence-electron chi connectivity index (χ2n) is 17.8. The van der Waals surface area contributed by atoms with E-state index in [1.165, 1.54) is 51.4 Å². The van der Waals surface area contributed by atoms with E-state index in [4.69, 9.17) is 14.2 Å². The molecule has 1 unspecified atom stereocenters. The lowest BCUT2D eigenvalue weighted by atomic mass is 10.1. The van der Waals surface area contributed by atoms with E-state index < -0.39 is 6.10 Å². The molecule has 0 fully saturated rings. The van der Waals surface area contributed by atoms with E-state index in [1.54, 1.807) is 0 Å². The molecule has 0 radical (unpaired) electrons. The number of rotatable bonds is 48. The monoisotopic (exact) mass is 941 g/mol. The number of esters is 3. The van der Waals surface area contributed by atoms with Crippen LogP contribution in [0.4, 0.5) is 0 Å². The Hall–Kier alpha value is -4.19. The molecule has 0 aromatic heterocycles. The van der Waals surface area contributed by atoms with Crippen molar-refractivity contribution in [3.63, 3.8) is 0 Å². The summed E-state index contributed by atoms with van der Waals surface area (Å²) >= 11 is 0. The van der Waals surface area contributed by atoms with Crippen molar-refractivity contribution in [3.8, 4) is 0 Å². The maximum atomic E-state index is 12.8. The van der Waals surface area contributed by atoms with E-state index in [1.807, 2.05) is 0 Å². The average molecular weight is 941 g/mol. The van der Waals surface area contributed by atoms with Gasteiger partial charge >= 0.3 is 17.9 Å². The highest BCUT2D eigenvalue weighted by molar-refractivity contribution is 5.71. The minimum atomic E-state index is -0.812. The smallest absolute Gasteiger partial charge is 0.306 e. The van der Waals surface area contributed by atoms with Gasteiger partial charge in [-0.15, -0.1) is 0 Å². The maximum absolute atomic E-state index is 12.8. The number of hydrogen-bond acceptors (Lipinski definition) is 6. The molecule has 0 aromatic rings. The molecule has 0 saturated carbocycles. The van der Waals surface area contributed by atoms with Crippen LogP contribution in [-0.2, 0) is 28.6 Å². The van der Waals surface area contributed by atoms with Gasteiger partial charge in [0.15, 0.2) is 6.10 Å². The first kappa shape index (κ1) is 63.8. The number of carbonyl (C=O) groups is 3. The summed E-state index contributed by atoms with van der Waals surface area (Å²) in [5, 5.41) is 0. The van der Waals surface area contributed by atoms with E-state index in [2.05, 4.69) is 142 Å². The van der Waals surface area contributed by atoms with Crippen molar-refractivity contribution in [1.82, 2.24) is 0 Å². The molecule has 0 bridgehead atoms. The summed E-state index contributed by atoms with van der Waals surface area (Å²) in [4.78, 5) is 38.1. The lowest BCUT2D eigenvalue weighted by Gasteiger charge is -2.18. The fourth-order valence-electron chi connectivity index (χ4n) is 7.16. The third kappa shape index (κ3) is 52.8. The standard InChI is InChI=1S/C62H100O6/c1-4-7-10-13-16-19-22-25-27-29-31-33-34-37-40-43-46-49-52-55-61(64)67-58-59(57-66-60(63)54-51-48-45-42-39-36-24-21-18-15-12-9-6-3)68-62(65)56-53-50-47-44-41-38-35-32-30-28-26-23-20-17-14-11-8-5-2/h7,9-10,12,15-16,18-19,21,24-25,27-28,30-33,35,37,40,59H,4-6,8,11,13-14,17,20,22-23,26,29,34,36,38-39,41-58H2,1-3H3/b10-7+,12-9+,18-15+,19-16+,24-21+,27-25+,30-28+,33-31+,35-32+,40-37+. The number of ether oxygens (including phenoxy) is 3. The van der Waals surface area contributed by atoms with E-state index in [-0.39, 0.29) is 31.1 Å².